The van der Waals surface area contributed by atoms with Crippen LogP contribution >= 0.6 is 39.3 Å². The first-order chi connectivity index (χ1) is 4.74. The Balaban J connectivity index is 3.07. The van der Waals surface area contributed by atoms with Gasteiger partial charge in [0.1, 0.15) is 0 Å². The van der Waals surface area contributed by atoms with Crippen LogP contribution in [0.1, 0.15) is 0 Å². The van der Waals surface area contributed by atoms with E-state index in [4.69, 9.17) is 11.6 Å². The predicted molar refractivity (Wildman–Crippen MR) is 49.8 cm³/mol. The van der Waals surface area contributed by atoms with Crippen LogP contribution in [0, 0.1) is 6.07 Å². The quantitative estimate of drug-likeness (QED) is 0.671. The normalized spacial score (nSPS) is 9.90. The molecule has 0 aliphatic heterocycles. The Morgan fingerprint density at radius 3 is 2.90 bits per heavy atom. The van der Waals surface area contributed by atoms with Gasteiger partial charge in [-0.3, -0.25) is 0 Å². The third-order valence-corrected chi connectivity index (χ3v) is 2.71. The molecular formula is C7H5BrClS. The van der Waals surface area contributed by atoms with Gasteiger partial charge < -0.3 is 0 Å². The predicted octanol–water partition coefficient (Wildman–Crippen LogP) is 3.62. The third kappa shape index (κ3) is 1.91. The molecule has 0 N–H and O–H groups in total. The van der Waals surface area contributed by atoms with Crippen LogP contribution in [0.25, 0.3) is 0 Å². The molecule has 0 atom stereocenters. The molecule has 0 saturated carbocycles. The molecule has 0 spiro atoms. The van der Waals surface area contributed by atoms with Crippen LogP contribution in [-0.4, -0.2) is 6.26 Å². The Kier molecular flexibility index (Phi) is 3.08. The lowest BCUT2D eigenvalue weighted by atomic mass is 10.4. The average molecular weight is 237 g/mol. The first kappa shape index (κ1) is 8.44. The van der Waals surface area contributed by atoms with Gasteiger partial charge in [-0.2, -0.15) is 0 Å². The molecule has 0 bridgehead atoms. The molecule has 0 heterocycles. The number of thioether (sulfide) groups is 1. The first-order valence-electron chi connectivity index (χ1n) is 2.65. The van der Waals surface area contributed by atoms with E-state index >= 15 is 0 Å². The minimum Gasteiger partial charge on any atom is -0.128 e. The Labute approximate surface area is 78.1 Å². The Hall–Kier alpha value is 0.340. The van der Waals surface area contributed by atoms with E-state index in [9.17, 15) is 0 Å². The standard InChI is InChI=1S/C7H5BrClS/c1-10-7-3-2-5(8)4-6(7)9/h3-4H,1H3. The summed E-state index contributed by atoms with van der Waals surface area (Å²) in [5, 5.41) is 0.776. The van der Waals surface area contributed by atoms with Gasteiger partial charge in [0.15, 0.2) is 0 Å². The molecule has 0 amide bonds. The minimum absolute atomic E-state index is 0.776. The second kappa shape index (κ2) is 3.65. The lowest BCUT2D eigenvalue weighted by Gasteiger charge is -1.98. The van der Waals surface area contributed by atoms with Crippen molar-refractivity contribution in [1.82, 2.24) is 0 Å². The van der Waals surface area contributed by atoms with Crippen molar-refractivity contribution in [3.8, 4) is 0 Å². The van der Waals surface area contributed by atoms with Gasteiger partial charge in [0.2, 0.25) is 0 Å². The van der Waals surface area contributed by atoms with Crippen LogP contribution in [0.15, 0.2) is 21.5 Å². The SMILES string of the molecule is CSc1c[c]c(Br)cc1Cl. The van der Waals surface area contributed by atoms with Crippen molar-refractivity contribution in [1.29, 1.82) is 0 Å². The average Bonchev–Trinajstić information content (AvgIpc) is 1.88. The molecule has 0 unspecified atom stereocenters. The second-order valence-corrected chi connectivity index (χ2v) is 3.81. The van der Waals surface area contributed by atoms with E-state index in [1.807, 2.05) is 18.4 Å². The molecule has 0 fully saturated rings. The maximum atomic E-state index is 5.86. The zero-order valence-corrected chi connectivity index (χ0v) is 8.48. The van der Waals surface area contributed by atoms with Gasteiger partial charge in [-0.15, -0.1) is 11.8 Å². The molecule has 0 saturated heterocycles. The highest BCUT2D eigenvalue weighted by molar-refractivity contribution is 9.10. The van der Waals surface area contributed by atoms with Crippen LogP contribution in [0.2, 0.25) is 5.02 Å². The second-order valence-electron chi connectivity index (χ2n) is 1.70. The van der Waals surface area contributed by atoms with Crippen molar-refractivity contribution in [2.24, 2.45) is 0 Å². The maximum Gasteiger partial charge on any atom is 0.0553 e. The monoisotopic (exact) mass is 235 g/mol. The Bertz CT molecular complexity index is 237. The summed E-state index contributed by atoms with van der Waals surface area (Å²) in [4.78, 5) is 1.06. The summed E-state index contributed by atoms with van der Waals surface area (Å²) in [5.41, 5.74) is 0. The fraction of sp³-hybridized carbons (Fsp3) is 0.143. The molecule has 0 aliphatic rings. The van der Waals surface area contributed by atoms with Crippen LogP contribution < -0.4 is 0 Å². The molecule has 53 valence electrons. The summed E-state index contributed by atoms with van der Waals surface area (Å²) in [6, 6.07) is 6.72. The van der Waals surface area contributed by atoms with E-state index in [0.29, 0.717) is 0 Å². The van der Waals surface area contributed by atoms with E-state index in [1.165, 1.54) is 0 Å². The van der Waals surface area contributed by atoms with Gasteiger partial charge in [0.25, 0.3) is 0 Å². The summed E-state index contributed by atoms with van der Waals surface area (Å²) in [6.45, 7) is 0. The number of hydrogen-bond donors (Lipinski definition) is 0. The van der Waals surface area contributed by atoms with Crippen molar-refractivity contribution < 1.29 is 0 Å². The van der Waals surface area contributed by atoms with E-state index < -0.39 is 0 Å². The molecule has 1 rings (SSSR count). The molecule has 0 nitrogen and oxygen atoms in total. The van der Waals surface area contributed by atoms with Crippen LogP contribution in [0.5, 0.6) is 0 Å². The lowest BCUT2D eigenvalue weighted by molar-refractivity contribution is 1.44. The van der Waals surface area contributed by atoms with Gasteiger partial charge in [-0.1, -0.05) is 27.5 Å². The summed E-state index contributed by atoms with van der Waals surface area (Å²) in [6.07, 6.45) is 1.99. The molecule has 0 aliphatic carbocycles. The molecule has 1 aromatic carbocycles. The fourth-order valence-electron chi connectivity index (χ4n) is 0.584. The highest BCUT2D eigenvalue weighted by Gasteiger charge is 1.97. The Morgan fingerprint density at radius 2 is 2.40 bits per heavy atom. The third-order valence-electron chi connectivity index (χ3n) is 1.05. The van der Waals surface area contributed by atoms with Gasteiger partial charge in [0, 0.05) is 9.37 Å². The van der Waals surface area contributed by atoms with Gasteiger partial charge in [-0.05, 0) is 24.5 Å². The molecule has 1 radical (unpaired) electrons. The molecule has 3 heteroatoms. The fourth-order valence-corrected chi connectivity index (χ4v) is 1.88. The first-order valence-corrected chi connectivity index (χ1v) is 5.04. The van der Waals surface area contributed by atoms with E-state index in [2.05, 4.69) is 22.0 Å². The molecular weight excluding hydrogens is 232 g/mol. The van der Waals surface area contributed by atoms with Crippen molar-refractivity contribution in [3.05, 3.63) is 27.7 Å². The highest BCUT2D eigenvalue weighted by atomic mass is 79.9. The number of halogens is 2. The van der Waals surface area contributed by atoms with Gasteiger partial charge in [-0.25, -0.2) is 0 Å². The van der Waals surface area contributed by atoms with Crippen LogP contribution in [0.3, 0.4) is 0 Å². The number of hydrogen-bond acceptors (Lipinski definition) is 1. The van der Waals surface area contributed by atoms with Gasteiger partial charge >= 0.3 is 0 Å². The summed E-state index contributed by atoms with van der Waals surface area (Å²) < 4.78 is 0.898. The van der Waals surface area contributed by atoms with Crippen molar-refractivity contribution in [2.45, 2.75) is 4.90 Å². The number of rotatable bonds is 1. The van der Waals surface area contributed by atoms with Crippen LogP contribution in [-0.2, 0) is 0 Å². The molecule has 1 aromatic rings. The van der Waals surface area contributed by atoms with Gasteiger partial charge in [0.05, 0.1) is 5.02 Å². The number of benzene rings is 1. The Morgan fingerprint density at radius 1 is 1.70 bits per heavy atom. The highest BCUT2D eigenvalue weighted by Crippen LogP contribution is 2.27. The molecule has 0 aromatic heterocycles. The molecule has 10 heavy (non-hydrogen) atoms. The van der Waals surface area contributed by atoms with E-state index in [0.717, 1.165) is 14.4 Å². The van der Waals surface area contributed by atoms with E-state index in [1.54, 1.807) is 11.8 Å². The van der Waals surface area contributed by atoms with Crippen molar-refractivity contribution in [3.63, 3.8) is 0 Å². The van der Waals surface area contributed by atoms with Crippen molar-refractivity contribution in [2.75, 3.05) is 6.26 Å². The smallest absolute Gasteiger partial charge is 0.0553 e. The summed E-state index contributed by atoms with van der Waals surface area (Å²) in [5.74, 6) is 0. The van der Waals surface area contributed by atoms with Crippen molar-refractivity contribution >= 4 is 39.3 Å². The largest absolute Gasteiger partial charge is 0.128 e. The van der Waals surface area contributed by atoms with Crippen LogP contribution in [0.4, 0.5) is 0 Å². The zero-order chi connectivity index (χ0) is 7.56. The lowest BCUT2D eigenvalue weighted by Crippen LogP contribution is -1.72. The summed E-state index contributed by atoms with van der Waals surface area (Å²) in [7, 11) is 0. The summed E-state index contributed by atoms with van der Waals surface area (Å²) >= 11 is 10.8. The van der Waals surface area contributed by atoms with E-state index in [-0.39, 0.29) is 0 Å². The topological polar surface area (TPSA) is 0 Å². The zero-order valence-electron chi connectivity index (χ0n) is 5.32. The maximum absolute atomic E-state index is 5.86. The minimum atomic E-state index is 0.776.